The summed E-state index contributed by atoms with van der Waals surface area (Å²) in [5.74, 6) is 2.21. The molecule has 0 amide bonds. The summed E-state index contributed by atoms with van der Waals surface area (Å²) in [7, 11) is 3.76. The van der Waals surface area contributed by atoms with Crippen molar-refractivity contribution < 1.29 is 9.26 Å². The second-order valence-corrected chi connectivity index (χ2v) is 4.82. The lowest BCUT2D eigenvalue weighted by molar-refractivity contribution is 0.196. The van der Waals surface area contributed by atoms with Crippen LogP contribution in [-0.2, 0) is 6.54 Å². The minimum absolute atomic E-state index is 0.248. The topological polar surface area (TPSA) is 51.4 Å². The molecule has 0 bridgehead atoms. The molecule has 0 fully saturated rings. The Morgan fingerprint density at radius 1 is 1.35 bits per heavy atom. The standard InChI is InChI=1S/C15H21N3O2/c1-5-13(12-8-6-7-9-14(12)19-4)18(3)10-15-16-11(2)17-20-15/h6-9,13H,5,10H2,1-4H3. The van der Waals surface area contributed by atoms with Crippen molar-refractivity contribution in [1.82, 2.24) is 15.0 Å². The molecule has 0 spiro atoms. The Bertz CT molecular complexity index is 554. The number of hydrogen-bond acceptors (Lipinski definition) is 5. The van der Waals surface area contributed by atoms with E-state index in [2.05, 4.69) is 35.1 Å². The fraction of sp³-hybridized carbons (Fsp3) is 0.467. The summed E-state index contributed by atoms with van der Waals surface area (Å²) in [6.07, 6.45) is 0.976. The highest BCUT2D eigenvalue weighted by Gasteiger charge is 2.20. The van der Waals surface area contributed by atoms with Gasteiger partial charge in [-0.15, -0.1) is 0 Å². The van der Waals surface area contributed by atoms with Gasteiger partial charge in [0.2, 0.25) is 5.89 Å². The number of methoxy groups -OCH3 is 1. The lowest BCUT2D eigenvalue weighted by Crippen LogP contribution is -2.24. The molecule has 20 heavy (non-hydrogen) atoms. The highest BCUT2D eigenvalue weighted by molar-refractivity contribution is 5.35. The van der Waals surface area contributed by atoms with Crippen LogP contribution < -0.4 is 4.74 Å². The zero-order valence-corrected chi connectivity index (χ0v) is 12.5. The van der Waals surface area contributed by atoms with Gasteiger partial charge >= 0.3 is 0 Å². The van der Waals surface area contributed by atoms with Crippen LogP contribution >= 0.6 is 0 Å². The summed E-state index contributed by atoms with van der Waals surface area (Å²) in [6.45, 7) is 4.61. The molecule has 5 nitrogen and oxygen atoms in total. The summed E-state index contributed by atoms with van der Waals surface area (Å²) in [5, 5.41) is 3.82. The Morgan fingerprint density at radius 3 is 2.70 bits per heavy atom. The third-order valence-corrected chi connectivity index (χ3v) is 3.37. The lowest BCUT2D eigenvalue weighted by Gasteiger charge is -2.27. The number of nitrogens with zero attached hydrogens (tertiary/aromatic N) is 3. The molecule has 0 aliphatic rings. The molecule has 1 unspecified atom stereocenters. The van der Waals surface area contributed by atoms with E-state index in [4.69, 9.17) is 9.26 Å². The molecule has 0 aliphatic heterocycles. The van der Waals surface area contributed by atoms with Crippen LogP contribution in [0.3, 0.4) is 0 Å². The smallest absolute Gasteiger partial charge is 0.240 e. The van der Waals surface area contributed by atoms with E-state index >= 15 is 0 Å². The maximum atomic E-state index is 5.45. The zero-order valence-electron chi connectivity index (χ0n) is 12.5. The first kappa shape index (κ1) is 14.5. The van der Waals surface area contributed by atoms with Gasteiger partial charge in [-0.25, -0.2) is 0 Å². The summed E-state index contributed by atoms with van der Waals surface area (Å²) < 4.78 is 10.6. The molecule has 108 valence electrons. The van der Waals surface area contributed by atoms with Crippen molar-refractivity contribution >= 4 is 0 Å². The molecular formula is C15H21N3O2. The lowest BCUT2D eigenvalue weighted by atomic mass is 10.0. The minimum atomic E-state index is 0.248. The Labute approximate surface area is 119 Å². The Balaban J connectivity index is 2.18. The van der Waals surface area contributed by atoms with Crippen molar-refractivity contribution in [2.24, 2.45) is 0 Å². The number of para-hydroxylation sites is 1. The molecule has 0 saturated heterocycles. The van der Waals surface area contributed by atoms with Crippen LogP contribution in [0.4, 0.5) is 0 Å². The predicted molar refractivity (Wildman–Crippen MR) is 76.5 cm³/mol. The molecule has 1 aromatic heterocycles. The van der Waals surface area contributed by atoms with Crippen molar-refractivity contribution in [2.45, 2.75) is 32.9 Å². The van der Waals surface area contributed by atoms with Crippen LogP contribution in [-0.4, -0.2) is 29.2 Å². The van der Waals surface area contributed by atoms with Crippen molar-refractivity contribution in [3.63, 3.8) is 0 Å². The molecule has 2 aromatic rings. The molecule has 0 N–H and O–H groups in total. The third-order valence-electron chi connectivity index (χ3n) is 3.37. The highest BCUT2D eigenvalue weighted by Crippen LogP contribution is 2.31. The van der Waals surface area contributed by atoms with Crippen molar-refractivity contribution in [3.8, 4) is 5.75 Å². The van der Waals surface area contributed by atoms with Crippen LogP contribution in [0.25, 0.3) is 0 Å². The molecule has 5 heteroatoms. The second-order valence-electron chi connectivity index (χ2n) is 4.82. The van der Waals surface area contributed by atoms with Crippen molar-refractivity contribution in [2.75, 3.05) is 14.2 Å². The van der Waals surface area contributed by atoms with Gasteiger partial charge < -0.3 is 9.26 Å². The minimum Gasteiger partial charge on any atom is -0.496 e. The average Bonchev–Trinajstić information content (AvgIpc) is 2.85. The molecule has 0 radical (unpaired) electrons. The molecule has 2 rings (SSSR count). The van der Waals surface area contributed by atoms with Gasteiger partial charge in [-0.2, -0.15) is 4.98 Å². The van der Waals surface area contributed by atoms with E-state index in [1.807, 2.05) is 25.1 Å². The second kappa shape index (κ2) is 6.52. The number of benzene rings is 1. The van der Waals surface area contributed by atoms with E-state index in [0.29, 0.717) is 18.3 Å². The quantitative estimate of drug-likeness (QED) is 0.811. The molecule has 1 atom stereocenters. The monoisotopic (exact) mass is 275 g/mol. The van der Waals surface area contributed by atoms with Gasteiger partial charge in [0.15, 0.2) is 5.82 Å². The van der Waals surface area contributed by atoms with Crippen molar-refractivity contribution in [1.29, 1.82) is 0 Å². The van der Waals surface area contributed by atoms with E-state index in [9.17, 15) is 0 Å². The van der Waals surface area contributed by atoms with Gasteiger partial charge in [-0.1, -0.05) is 30.3 Å². The van der Waals surface area contributed by atoms with Gasteiger partial charge in [0, 0.05) is 11.6 Å². The Hall–Kier alpha value is -1.88. The number of aryl methyl sites for hydroxylation is 1. The largest absolute Gasteiger partial charge is 0.496 e. The third kappa shape index (κ3) is 3.17. The summed E-state index contributed by atoms with van der Waals surface area (Å²) in [4.78, 5) is 6.45. The zero-order chi connectivity index (χ0) is 14.5. The summed E-state index contributed by atoms with van der Waals surface area (Å²) in [5.41, 5.74) is 1.18. The molecule has 1 aromatic carbocycles. The van der Waals surface area contributed by atoms with Gasteiger partial charge in [-0.05, 0) is 26.5 Å². The summed E-state index contributed by atoms with van der Waals surface area (Å²) >= 11 is 0. The Kier molecular flexibility index (Phi) is 4.74. The van der Waals surface area contributed by atoms with E-state index in [0.717, 1.165) is 12.2 Å². The SMILES string of the molecule is CCC(c1ccccc1OC)N(C)Cc1nc(C)no1. The first-order chi connectivity index (χ1) is 9.65. The van der Waals surface area contributed by atoms with Gasteiger partial charge in [0.05, 0.1) is 13.7 Å². The average molecular weight is 275 g/mol. The van der Waals surface area contributed by atoms with Crippen LogP contribution in [0.5, 0.6) is 5.75 Å². The van der Waals surface area contributed by atoms with E-state index in [1.165, 1.54) is 5.56 Å². The highest BCUT2D eigenvalue weighted by atomic mass is 16.5. The van der Waals surface area contributed by atoms with E-state index in [-0.39, 0.29) is 6.04 Å². The Morgan fingerprint density at radius 2 is 2.10 bits per heavy atom. The first-order valence-corrected chi connectivity index (χ1v) is 6.78. The molecule has 0 aliphatic carbocycles. The maximum absolute atomic E-state index is 5.45. The number of rotatable bonds is 6. The van der Waals surface area contributed by atoms with Gasteiger partial charge in [-0.3, -0.25) is 4.90 Å². The summed E-state index contributed by atoms with van der Waals surface area (Å²) in [6, 6.07) is 8.35. The predicted octanol–water partition coefficient (Wildman–Crippen LogP) is 2.97. The van der Waals surface area contributed by atoms with Crippen LogP contribution in [0, 0.1) is 6.92 Å². The van der Waals surface area contributed by atoms with E-state index < -0.39 is 0 Å². The first-order valence-electron chi connectivity index (χ1n) is 6.78. The number of aromatic nitrogens is 2. The van der Waals surface area contributed by atoms with E-state index in [1.54, 1.807) is 7.11 Å². The molecular weight excluding hydrogens is 254 g/mol. The van der Waals surface area contributed by atoms with Crippen LogP contribution in [0.15, 0.2) is 28.8 Å². The van der Waals surface area contributed by atoms with Crippen molar-refractivity contribution in [3.05, 3.63) is 41.5 Å². The maximum Gasteiger partial charge on any atom is 0.240 e. The van der Waals surface area contributed by atoms with Gasteiger partial charge in [0.25, 0.3) is 0 Å². The number of ether oxygens (including phenoxy) is 1. The fourth-order valence-electron chi connectivity index (χ4n) is 2.44. The van der Waals surface area contributed by atoms with Crippen LogP contribution in [0.2, 0.25) is 0 Å². The van der Waals surface area contributed by atoms with Crippen LogP contribution in [0.1, 0.15) is 36.7 Å². The number of hydrogen-bond donors (Lipinski definition) is 0. The van der Waals surface area contributed by atoms with Gasteiger partial charge in [0.1, 0.15) is 5.75 Å². The fourth-order valence-corrected chi connectivity index (χ4v) is 2.44. The molecule has 1 heterocycles. The molecule has 0 saturated carbocycles. The normalized spacial score (nSPS) is 12.7.